The number of aromatic nitrogens is 3. The molecule has 3 rings (SSSR count). The fourth-order valence-corrected chi connectivity index (χ4v) is 4.26. The summed E-state index contributed by atoms with van der Waals surface area (Å²) < 4.78 is 8.18. The Kier molecular flexibility index (Phi) is 8.86. The largest absolute Gasteiger partial charge is 0.472 e. The van der Waals surface area contributed by atoms with Gasteiger partial charge >= 0.3 is 0 Å². The molecule has 0 fully saturated rings. The standard InChI is InChI=1S/C24H23ClN4O3S2/c1-5-11-33-17(3)14-28-9-6-7-20(24(28)31)21-12-22(26-13-16(2)34-18(4)25)29(27-21)23(30)19-8-10-32-15-19/h5-12,15,26H,2-4,13-14H2,1H3. The number of carbonyl (C=O) groups excluding carboxylic acids is 1. The third-order valence-corrected chi connectivity index (χ3v) is 6.16. The maximum Gasteiger partial charge on any atom is 0.283 e. The summed E-state index contributed by atoms with van der Waals surface area (Å²) in [6.07, 6.45) is 6.34. The van der Waals surface area contributed by atoms with Gasteiger partial charge in [0.2, 0.25) is 0 Å². The molecule has 0 aliphatic rings. The molecule has 0 bridgehead atoms. The Hall–Kier alpha value is -3.14. The molecule has 176 valence electrons. The molecule has 0 atom stereocenters. The number of halogens is 1. The van der Waals surface area contributed by atoms with E-state index in [0.717, 1.165) is 4.91 Å². The van der Waals surface area contributed by atoms with Gasteiger partial charge in [0.25, 0.3) is 11.5 Å². The van der Waals surface area contributed by atoms with Crippen LogP contribution in [0, 0.1) is 0 Å². The van der Waals surface area contributed by atoms with Crippen molar-refractivity contribution in [1.82, 2.24) is 14.3 Å². The molecular weight excluding hydrogens is 492 g/mol. The molecule has 0 aliphatic heterocycles. The predicted molar refractivity (Wildman–Crippen MR) is 142 cm³/mol. The first-order valence-corrected chi connectivity index (χ1v) is 12.1. The number of nitrogens with zero attached hydrogens (tertiary/aromatic N) is 3. The number of thioether (sulfide) groups is 2. The number of carbonyl (C=O) groups is 1. The zero-order valence-electron chi connectivity index (χ0n) is 18.5. The summed E-state index contributed by atoms with van der Waals surface area (Å²) in [4.78, 5) is 27.7. The summed E-state index contributed by atoms with van der Waals surface area (Å²) in [5.41, 5.74) is 0.791. The van der Waals surface area contributed by atoms with Crippen molar-refractivity contribution in [2.75, 3.05) is 11.9 Å². The summed E-state index contributed by atoms with van der Waals surface area (Å²) in [7, 11) is 0. The van der Waals surface area contributed by atoms with Crippen molar-refractivity contribution >= 4 is 46.8 Å². The zero-order valence-corrected chi connectivity index (χ0v) is 20.9. The number of furan rings is 1. The van der Waals surface area contributed by atoms with Crippen molar-refractivity contribution < 1.29 is 9.21 Å². The number of hydrogen-bond donors (Lipinski definition) is 1. The summed E-state index contributed by atoms with van der Waals surface area (Å²) in [6.45, 7) is 14.1. The molecule has 0 unspecified atom stereocenters. The van der Waals surface area contributed by atoms with Crippen molar-refractivity contribution in [3.8, 4) is 11.3 Å². The van der Waals surface area contributed by atoms with Gasteiger partial charge in [0.05, 0.1) is 28.3 Å². The normalized spacial score (nSPS) is 11.0. The number of rotatable bonds is 11. The van der Waals surface area contributed by atoms with Gasteiger partial charge in [-0.1, -0.05) is 49.2 Å². The van der Waals surface area contributed by atoms with E-state index in [1.54, 1.807) is 35.0 Å². The molecule has 0 aromatic carbocycles. The SMILES string of the molecule is C=C(Cl)SC(=C)CNc1cc(-c2cccn(CC(=C)SC=CC)c2=O)nn1C(=O)c1ccoc1. The Labute approximate surface area is 210 Å². The van der Waals surface area contributed by atoms with Crippen LogP contribution in [0.3, 0.4) is 0 Å². The second kappa shape index (κ2) is 11.8. The van der Waals surface area contributed by atoms with Crippen LogP contribution in [0.2, 0.25) is 0 Å². The van der Waals surface area contributed by atoms with Gasteiger partial charge in [-0.25, -0.2) is 0 Å². The molecular formula is C24H23ClN4O3S2. The molecule has 0 saturated carbocycles. The lowest BCUT2D eigenvalue weighted by Gasteiger charge is -2.09. The van der Waals surface area contributed by atoms with E-state index in [2.05, 4.69) is 30.2 Å². The van der Waals surface area contributed by atoms with Crippen LogP contribution in [0.1, 0.15) is 17.3 Å². The zero-order chi connectivity index (χ0) is 24.7. The maximum atomic E-state index is 13.2. The Morgan fingerprint density at radius 3 is 2.76 bits per heavy atom. The van der Waals surface area contributed by atoms with Crippen molar-refractivity contribution in [3.63, 3.8) is 0 Å². The fraction of sp³-hybridized carbons (Fsp3) is 0.125. The Morgan fingerprint density at radius 1 is 1.29 bits per heavy atom. The lowest BCUT2D eigenvalue weighted by Crippen LogP contribution is -2.21. The molecule has 0 spiro atoms. The van der Waals surface area contributed by atoms with Gasteiger partial charge in [-0.2, -0.15) is 9.78 Å². The molecule has 0 aliphatic carbocycles. The van der Waals surface area contributed by atoms with Crippen LogP contribution in [-0.2, 0) is 6.54 Å². The molecule has 3 aromatic heterocycles. The maximum absolute atomic E-state index is 13.2. The van der Waals surface area contributed by atoms with E-state index in [0.29, 0.717) is 45.0 Å². The first-order chi connectivity index (χ1) is 16.3. The lowest BCUT2D eigenvalue weighted by atomic mass is 10.2. The average Bonchev–Trinajstić information content (AvgIpc) is 3.47. The van der Waals surface area contributed by atoms with Crippen molar-refractivity contribution in [3.05, 3.63) is 104 Å². The number of hydrogen-bond acceptors (Lipinski definition) is 7. The van der Waals surface area contributed by atoms with E-state index in [9.17, 15) is 9.59 Å². The van der Waals surface area contributed by atoms with Crippen LogP contribution in [0.15, 0.2) is 97.6 Å². The smallest absolute Gasteiger partial charge is 0.283 e. The average molecular weight is 515 g/mol. The second-order valence-corrected chi connectivity index (χ2v) is 10.0. The molecule has 3 aromatic rings. The van der Waals surface area contributed by atoms with Crippen LogP contribution in [0.25, 0.3) is 11.3 Å². The first kappa shape index (κ1) is 25.5. The summed E-state index contributed by atoms with van der Waals surface area (Å²) in [5.74, 6) is -0.0131. The number of allylic oxidation sites excluding steroid dienone is 2. The highest BCUT2D eigenvalue weighted by molar-refractivity contribution is 8.08. The van der Waals surface area contributed by atoms with Gasteiger partial charge in [-0.15, -0.1) is 11.8 Å². The minimum absolute atomic E-state index is 0.241. The van der Waals surface area contributed by atoms with Gasteiger partial charge in [-0.05, 0) is 30.5 Å². The van der Waals surface area contributed by atoms with E-state index >= 15 is 0 Å². The van der Waals surface area contributed by atoms with Crippen molar-refractivity contribution in [1.29, 1.82) is 0 Å². The van der Waals surface area contributed by atoms with E-state index in [4.69, 9.17) is 16.0 Å². The first-order valence-electron chi connectivity index (χ1n) is 10.1. The van der Waals surface area contributed by atoms with E-state index in [1.165, 1.54) is 40.7 Å². The second-order valence-electron chi connectivity index (χ2n) is 6.97. The highest BCUT2D eigenvalue weighted by Gasteiger charge is 2.20. The monoisotopic (exact) mass is 514 g/mol. The number of anilines is 1. The van der Waals surface area contributed by atoms with Gasteiger partial charge in [-0.3, -0.25) is 9.59 Å². The van der Waals surface area contributed by atoms with E-state index in [-0.39, 0.29) is 5.56 Å². The molecule has 3 heterocycles. The highest BCUT2D eigenvalue weighted by atomic mass is 35.5. The van der Waals surface area contributed by atoms with Gasteiger partial charge in [0, 0.05) is 28.6 Å². The van der Waals surface area contributed by atoms with E-state index < -0.39 is 5.91 Å². The van der Waals surface area contributed by atoms with Gasteiger partial charge < -0.3 is 14.3 Å². The molecule has 0 saturated heterocycles. The third kappa shape index (κ3) is 6.47. The molecule has 1 N–H and O–H groups in total. The van der Waals surface area contributed by atoms with Crippen LogP contribution in [0.5, 0.6) is 0 Å². The van der Waals surface area contributed by atoms with Crippen molar-refractivity contribution in [2.24, 2.45) is 0 Å². The molecule has 10 heteroatoms. The minimum Gasteiger partial charge on any atom is -0.472 e. The minimum atomic E-state index is -0.407. The molecule has 7 nitrogen and oxygen atoms in total. The highest BCUT2D eigenvalue weighted by Crippen LogP contribution is 2.27. The molecule has 34 heavy (non-hydrogen) atoms. The third-order valence-electron chi connectivity index (χ3n) is 4.41. The Balaban J connectivity index is 1.95. The summed E-state index contributed by atoms with van der Waals surface area (Å²) in [6, 6.07) is 6.63. The van der Waals surface area contributed by atoms with Gasteiger partial charge in [0.1, 0.15) is 17.8 Å². The number of nitrogens with one attached hydrogen (secondary N) is 1. The summed E-state index contributed by atoms with van der Waals surface area (Å²) in [5, 5.41) is 9.48. The Morgan fingerprint density at radius 2 is 2.09 bits per heavy atom. The topological polar surface area (TPSA) is 82.1 Å². The number of pyridine rings is 1. The Bertz CT molecular complexity index is 1310. The van der Waals surface area contributed by atoms with Crippen LogP contribution >= 0.6 is 35.1 Å². The quantitative estimate of drug-likeness (QED) is 0.329. The molecule has 0 radical (unpaired) electrons. The predicted octanol–water partition coefficient (Wildman–Crippen LogP) is 6.14. The lowest BCUT2D eigenvalue weighted by molar-refractivity contribution is 0.0947. The molecule has 0 amide bonds. The van der Waals surface area contributed by atoms with Crippen LogP contribution < -0.4 is 10.9 Å². The van der Waals surface area contributed by atoms with Gasteiger partial charge in [0.15, 0.2) is 0 Å². The van der Waals surface area contributed by atoms with E-state index in [1.807, 2.05) is 18.4 Å². The summed E-state index contributed by atoms with van der Waals surface area (Å²) >= 11 is 8.51. The fourth-order valence-electron chi connectivity index (χ4n) is 2.93. The van der Waals surface area contributed by atoms with Crippen molar-refractivity contribution in [2.45, 2.75) is 13.5 Å². The van der Waals surface area contributed by atoms with Crippen LogP contribution in [-0.4, -0.2) is 26.8 Å². The van der Waals surface area contributed by atoms with Crippen LogP contribution in [0.4, 0.5) is 5.82 Å².